The Bertz CT molecular complexity index is 471. The van der Waals surface area contributed by atoms with Gasteiger partial charge in [0.25, 0.3) is 0 Å². The van der Waals surface area contributed by atoms with Crippen LogP contribution >= 0.6 is 0 Å². The van der Waals surface area contributed by atoms with Crippen LogP contribution in [0.2, 0.25) is 0 Å². The molecule has 0 aliphatic rings. The third-order valence-electron chi connectivity index (χ3n) is 2.34. The predicted octanol–water partition coefficient (Wildman–Crippen LogP) is 2.05. The van der Waals surface area contributed by atoms with E-state index in [1.54, 1.807) is 30.9 Å². The molecule has 0 radical (unpaired) electrons. The molecule has 4 heteroatoms. The summed E-state index contributed by atoms with van der Waals surface area (Å²) in [6.07, 6.45) is 7.94. The van der Waals surface area contributed by atoms with Crippen LogP contribution in [0.1, 0.15) is 12.0 Å². The normalized spacial score (nSPS) is 9.88. The Labute approximate surface area is 99.7 Å². The average Bonchev–Trinajstić information content (AvgIpc) is 2.39. The molecule has 1 amide bonds. The molecular weight excluding hydrogens is 214 g/mol. The summed E-state index contributed by atoms with van der Waals surface area (Å²) in [6, 6.07) is 7.44. The lowest BCUT2D eigenvalue weighted by Gasteiger charge is -2.04. The fraction of sp³-hybridized carbons (Fsp3) is 0.154. The van der Waals surface area contributed by atoms with Gasteiger partial charge in [-0.15, -0.1) is 0 Å². The first-order valence-electron chi connectivity index (χ1n) is 5.43. The number of nitrogens with zero attached hydrogens (tertiary/aromatic N) is 2. The number of hydrogen-bond donors (Lipinski definition) is 1. The van der Waals surface area contributed by atoms with Gasteiger partial charge in [0.05, 0.1) is 11.9 Å². The van der Waals surface area contributed by atoms with Crippen LogP contribution in [0.5, 0.6) is 0 Å². The number of pyridine rings is 2. The van der Waals surface area contributed by atoms with Crippen LogP contribution in [0.3, 0.4) is 0 Å². The molecule has 0 spiro atoms. The van der Waals surface area contributed by atoms with Gasteiger partial charge in [-0.2, -0.15) is 0 Å². The number of carbonyl (C=O) groups is 1. The van der Waals surface area contributed by atoms with E-state index >= 15 is 0 Å². The van der Waals surface area contributed by atoms with E-state index in [1.807, 2.05) is 18.2 Å². The Morgan fingerprint density at radius 2 is 1.94 bits per heavy atom. The van der Waals surface area contributed by atoms with Crippen molar-refractivity contribution in [3.63, 3.8) is 0 Å². The molecule has 0 fully saturated rings. The minimum absolute atomic E-state index is 0.00480. The summed E-state index contributed by atoms with van der Waals surface area (Å²) in [5.41, 5.74) is 1.84. The molecule has 0 aliphatic heterocycles. The highest BCUT2D eigenvalue weighted by atomic mass is 16.1. The molecule has 0 aliphatic carbocycles. The SMILES string of the molecule is O=C(CCc1ccncc1)Nc1cccnc1. The number of carbonyl (C=O) groups excluding carboxylic acids is 1. The Morgan fingerprint density at radius 3 is 2.65 bits per heavy atom. The van der Waals surface area contributed by atoms with E-state index in [4.69, 9.17) is 0 Å². The van der Waals surface area contributed by atoms with Crippen molar-refractivity contribution in [3.05, 3.63) is 54.6 Å². The highest BCUT2D eigenvalue weighted by Gasteiger charge is 2.02. The standard InChI is InChI=1S/C13H13N3O/c17-13(16-12-2-1-7-15-10-12)4-3-11-5-8-14-9-6-11/h1-2,5-10H,3-4H2,(H,16,17). The van der Waals surface area contributed by atoms with Crippen molar-refractivity contribution >= 4 is 11.6 Å². The molecule has 86 valence electrons. The van der Waals surface area contributed by atoms with E-state index in [9.17, 15) is 4.79 Å². The monoisotopic (exact) mass is 227 g/mol. The van der Waals surface area contributed by atoms with Gasteiger partial charge in [-0.1, -0.05) is 0 Å². The largest absolute Gasteiger partial charge is 0.325 e. The van der Waals surface area contributed by atoms with Gasteiger partial charge in [-0.05, 0) is 36.2 Å². The molecule has 17 heavy (non-hydrogen) atoms. The second-order valence-corrected chi connectivity index (χ2v) is 3.65. The first-order chi connectivity index (χ1) is 8.34. The molecule has 2 aromatic rings. The number of hydrogen-bond acceptors (Lipinski definition) is 3. The highest BCUT2D eigenvalue weighted by molar-refractivity contribution is 5.90. The van der Waals surface area contributed by atoms with Gasteiger partial charge in [-0.25, -0.2) is 0 Å². The first kappa shape index (κ1) is 11.3. The van der Waals surface area contributed by atoms with Crippen LogP contribution < -0.4 is 5.32 Å². The number of amides is 1. The van der Waals surface area contributed by atoms with Gasteiger partial charge in [0.2, 0.25) is 5.91 Å². The zero-order valence-corrected chi connectivity index (χ0v) is 9.34. The minimum atomic E-state index is -0.00480. The molecule has 0 saturated heterocycles. The molecule has 0 atom stereocenters. The molecule has 1 N–H and O–H groups in total. The van der Waals surface area contributed by atoms with Gasteiger partial charge < -0.3 is 5.32 Å². The Kier molecular flexibility index (Phi) is 3.81. The van der Waals surface area contributed by atoms with Gasteiger partial charge in [-0.3, -0.25) is 14.8 Å². The smallest absolute Gasteiger partial charge is 0.224 e. The Balaban J connectivity index is 1.83. The van der Waals surface area contributed by atoms with Crippen molar-refractivity contribution < 1.29 is 4.79 Å². The summed E-state index contributed by atoms with van der Waals surface area (Å²) in [5, 5.41) is 2.80. The Morgan fingerprint density at radius 1 is 1.12 bits per heavy atom. The van der Waals surface area contributed by atoms with Crippen molar-refractivity contribution in [1.82, 2.24) is 9.97 Å². The van der Waals surface area contributed by atoms with Crippen LogP contribution in [-0.2, 0) is 11.2 Å². The number of nitrogens with one attached hydrogen (secondary N) is 1. The zero-order valence-electron chi connectivity index (χ0n) is 9.34. The van der Waals surface area contributed by atoms with Crippen LogP contribution in [-0.4, -0.2) is 15.9 Å². The molecule has 4 nitrogen and oxygen atoms in total. The summed E-state index contributed by atoms with van der Waals surface area (Å²) >= 11 is 0. The number of aromatic nitrogens is 2. The van der Waals surface area contributed by atoms with Crippen molar-refractivity contribution in [3.8, 4) is 0 Å². The first-order valence-corrected chi connectivity index (χ1v) is 5.43. The summed E-state index contributed by atoms with van der Waals surface area (Å²) in [5.74, 6) is -0.00480. The molecular formula is C13H13N3O. The quantitative estimate of drug-likeness (QED) is 0.869. The minimum Gasteiger partial charge on any atom is -0.325 e. The maximum atomic E-state index is 11.6. The average molecular weight is 227 g/mol. The van der Waals surface area contributed by atoms with Gasteiger partial charge in [0.15, 0.2) is 0 Å². The molecule has 2 heterocycles. The lowest BCUT2D eigenvalue weighted by molar-refractivity contribution is -0.116. The fourth-order valence-electron chi connectivity index (χ4n) is 1.47. The van der Waals surface area contributed by atoms with Gasteiger partial charge in [0, 0.05) is 25.0 Å². The van der Waals surface area contributed by atoms with Crippen LogP contribution in [0, 0.1) is 0 Å². The van der Waals surface area contributed by atoms with Gasteiger partial charge in [0.1, 0.15) is 0 Å². The third kappa shape index (κ3) is 3.68. The number of anilines is 1. The maximum absolute atomic E-state index is 11.6. The van der Waals surface area contributed by atoms with Crippen LogP contribution in [0.4, 0.5) is 5.69 Å². The van der Waals surface area contributed by atoms with Crippen molar-refractivity contribution in [2.75, 3.05) is 5.32 Å². The number of aryl methyl sites for hydroxylation is 1. The third-order valence-corrected chi connectivity index (χ3v) is 2.34. The highest BCUT2D eigenvalue weighted by Crippen LogP contribution is 2.05. The van der Waals surface area contributed by atoms with E-state index in [1.165, 1.54) is 0 Å². The summed E-state index contributed by atoms with van der Waals surface area (Å²) in [6.45, 7) is 0. The van der Waals surface area contributed by atoms with Crippen molar-refractivity contribution in [1.29, 1.82) is 0 Å². The predicted molar refractivity (Wildman–Crippen MR) is 65.4 cm³/mol. The molecule has 2 aromatic heterocycles. The van der Waals surface area contributed by atoms with E-state index in [-0.39, 0.29) is 5.91 Å². The molecule has 2 rings (SSSR count). The van der Waals surface area contributed by atoms with E-state index in [0.717, 1.165) is 11.3 Å². The van der Waals surface area contributed by atoms with Crippen LogP contribution in [0.15, 0.2) is 49.1 Å². The van der Waals surface area contributed by atoms with Crippen LogP contribution in [0.25, 0.3) is 0 Å². The van der Waals surface area contributed by atoms with Gasteiger partial charge >= 0.3 is 0 Å². The Hall–Kier alpha value is -2.23. The van der Waals surface area contributed by atoms with E-state index < -0.39 is 0 Å². The fourth-order valence-corrected chi connectivity index (χ4v) is 1.47. The maximum Gasteiger partial charge on any atom is 0.224 e. The summed E-state index contributed by atoms with van der Waals surface area (Å²) < 4.78 is 0. The van der Waals surface area contributed by atoms with Crippen molar-refractivity contribution in [2.24, 2.45) is 0 Å². The second kappa shape index (κ2) is 5.75. The number of rotatable bonds is 4. The zero-order chi connectivity index (χ0) is 11.9. The lowest BCUT2D eigenvalue weighted by Crippen LogP contribution is -2.12. The summed E-state index contributed by atoms with van der Waals surface area (Å²) in [7, 11) is 0. The van der Waals surface area contributed by atoms with Crippen molar-refractivity contribution in [2.45, 2.75) is 12.8 Å². The molecule has 0 aromatic carbocycles. The molecule has 0 saturated carbocycles. The summed E-state index contributed by atoms with van der Waals surface area (Å²) in [4.78, 5) is 19.5. The molecule has 0 unspecified atom stereocenters. The topological polar surface area (TPSA) is 54.9 Å². The van der Waals surface area contributed by atoms with E-state index in [2.05, 4.69) is 15.3 Å². The van der Waals surface area contributed by atoms with E-state index in [0.29, 0.717) is 12.8 Å². The molecule has 0 bridgehead atoms. The second-order valence-electron chi connectivity index (χ2n) is 3.65. The lowest BCUT2D eigenvalue weighted by atomic mass is 10.1.